The second kappa shape index (κ2) is 6.23. The Kier molecular flexibility index (Phi) is 4.27. The Hall–Kier alpha value is -2.42. The number of nitrogens with zero attached hydrogens (tertiary/aromatic N) is 3. The van der Waals surface area contributed by atoms with Crippen LogP contribution < -0.4 is 5.56 Å². The maximum absolute atomic E-state index is 12.7. The molecule has 0 amide bonds. The molecule has 9 heteroatoms. The molecule has 0 fully saturated rings. The second-order valence-corrected chi connectivity index (χ2v) is 5.82. The van der Waals surface area contributed by atoms with Crippen LogP contribution >= 0.6 is 15.9 Å². The molecular formula is C15H9BrF3N3O2. The van der Waals surface area contributed by atoms with Crippen molar-refractivity contribution in [1.29, 1.82) is 0 Å². The number of rotatable bonds is 3. The molecular weight excluding hydrogens is 391 g/mol. The van der Waals surface area contributed by atoms with Gasteiger partial charge in [0.25, 0.3) is 5.56 Å². The highest BCUT2D eigenvalue weighted by Crippen LogP contribution is 2.28. The van der Waals surface area contributed by atoms with Gasteiger partial charge < -0.3 is 9.09 Å². The SMILES string of the molecule is O=c1ccc(C(F)(F)F)cn1Cc1nc(-c2cccc(Br)c2)no1. The first kappa shape index (κ1) is 16.4. The van der Waals surface area contributed by atoms with Crippen LogP contribution in [0.4, 0.5) is 13.2 Å². The van der Waals surface area contributed by atoms with E-state index in [0.717, 1.165) is 27.4 Å². The molecule has 0 aliphatic carbocycles. The van der Waals surface area contributed by atoms with E-state index >= 15 is 0 Å². The summed E-state index contributed by atoms with van der Waals surface area (Å²) < 4.78 is 44.9. The highest BCUT2D eigenvalue weighted by atomic mass is 79.9. The third-order valence-corrected chi connectivity index (χ3v) is 3.66. The van der Waals surface area contributed by atoms with Crippen LogP contribution in [0, 0.1) is 0 Å². The molecule has 0 unspecified atom stereocenters. The van der Waals surface area contributed by atoms with E-state index in [4.69, 9.17) is 4.52 Å². The highest BCUT2D eigenvalue weighted by Gasteiger charge is 2.31. The monoisotopic (exact) mass is 399 g/mol. The number of hydrogen-bond donors (Lipinski definition) is 0. The van der Waals surface area contributed by atoms with E-state index in [1.54, 1.807) is 18.2 Å². The Balaban J connectivity index is 1.89. The minimum absolute atomic E-state index is 0.0337. The van der Waals surface area contributed by atoms with Gasteiger partial charge in [-0.25, -0.2) is 0 Å². The smallest absolute Gasteiger partial charge is 0.337 e. The molecule has 0 spiro atoms. The Bertz CT molecular complexity index is 934. The Labute approximate surface area is 141 Å². The highest BCUT2D eigenvalue weighted by molar-refractivity contribution is 9.10. The summed E-state index contributed by atoms with van der Waals surface area (Å²) in [7, 11) is 0. The van der Waals surface area contributed by atoms with Crippen molar-refractivity contribution in [2.24, 2.45) is 0 Å². The molecule has 0 saturated carbocycles. The van der Waals surface area contributed by atoms with Crippen LogP contribution in [0.3, 0.4) is 0 Å². The normalized spacial score (nSPS) is 11.7. The van der Waals surface area contributed by atoms with Gasteiger partial charge in [-0.2, -0.15) is 18.2 Å². The largest absolute Gasteiger partial charge is 0.417 e. The lowest BCUT2D eigenvalue weighted by atomic mass is 10.2. The molecule has 0 radical (unpaired) electrons. The van der Waals surface area contributed by atoms with Crippen molar-refractivity contribution < 1.29 is 17.7 Å². The lowest BCUT2D eigenvalue weighted by Gasteiger charge is -2.08. The second-order valence-electron chi connectivity index (χ2n) is 4.90. The van der Waals surface area contributed by atoms with Gasteiger partial charge in [0.1, 0.15) is 6.54 Å². The summed E-state index contributed by atoms with van der Waals surface area (Å²) in [6.07, 6.45) is -3.81. The summed E-state index contributed by atoms with van der Waals surface area (Å²) in [5, 5.41) is 3.78. The Morgan fingerprint density at radius 3 is 2.71 bits per heavy atom. The zero-order chi connectivity index (χ0) is 17.3. The molecule has 0 atom stereocenters. The maximum atomic E-state index is 12.7. The first-order valence-electron chi connectivity index (χ1n) is 6.69. The lowest BCUT2D eigenvalue weighted by molar-refractivity contribution is -0.138. The molecule has 3 rings (SSSR count). The molecule has 0 N–H and O–H groups in total. The van der Waals surface area contributed by atoms with E-state index in [2.05, 4.69) is 26.1 Å². The summed E-state index contributed by atoms with van der Waals surface area (Å²) in [6, 6.07) is 8.73. The molecule has 0 saturated heterocycles. The van der Waals surface area contributed by atoms with E-state index < -0.39 is 17.3 Å². The average Bonchev–Trinajstić information content (AvgIpc) is 2.97. The number of halogens is 4. The number of benzene rings is 1. The number of pyridine rings is 1. The quantitative estimate of drug-likeness (QED) is 0.673. The number of alkyl halides is 3. The molecule has 0 aliphatic rings. The average molecular weight is 400 g/mol. The maximum Gasteiger partial charge on any atom is 0.417 e. The lowest BCUT2D eigenvalue weighted by Crippen LogP contribution is -2.22. The zero-order valence-electron chi connectivity index (χ0n) is 11.9. The van der Waals surface area contributed by atoms with Crippen molar-refractivity contribution in [1.82, 2.24) is 14.7 Å². The fourth-order valence-electron chi connectivity index (χ4n) is 2.03. The molecule has 24 heavy (non-hydrogen) atoms. The summed E-state index contributed by atoms with van der Waals surface area (Å²) >= 11 is 3.32. The van der Waals surface area contributed by atoms with E-state index in [0.29, 0.717) is 5.56 Å². The van der Waals surface area contributed by atoms with Crippen LogP contribution in [0.15, 0.2) is 56.4 Å². The van der Waals surface area contributed by atoms with Crippen molar-refractivity contribution in [2.75, 3.05) is 0 Å². The van der Waals surface area contributed by atoms with Crippen LogP contribution in [0.2, 0.25) is 0 Å². The number of aromatic nitrogens is 3. The fourth-order valence-corrected chi connectivity index (χ4v) is 2.43. The Morgan fingerprint density at radius 2 is 2.00 bits per heavy atom. The summed E-state index contributed by atoms with van der Waals surface area (Å²) in [6.45, 7) is -0.246. The third-order valence-electron chi connectivity index (χ3n) is 3.17. The zero-order valence-corrected chi connectivity index (χ0v) is 13.5. The molecule has 5 nitrogen and oxygen atoms in total. The van der Waals surface area contributed by atoms with Gasteiger partial charge in [-0.1, -0.05) is 33.2 Å². The Morgan fingerprint density at radius 1 is 1.21 bits per heavy atom. The minimum atomic E-state index is -4.54. The third kappa shape index (κ3) is 3.56. The topological polar surface area (TPSA) is 60.9 Å². The van der Waals surface area contributed by atoms with Gasteiger partial charge in [0.05, 0.1) is 5.56 Å². The van der Waals surface area contributed by atoms with Gasteiger partial charge in [0.2, 0.25) is 11.7 Å². The minimum Gasteiger partial charge on any atom is -0.337 e. The van der Waals surface area contributed by atoms with E-state index in [9.17, 15) is 18.0 Å². The van der Waals surface area contributed by atoms with Crippen LogP contribution in [0.25, 0.3) is 11.4 Å². The van der Waals surface area contributed by atoms with Crippen molar-refractivity contribution >= 4 is 15.9 Å². The van der Waals surface area contributed by atoms with Gasteiger partial charge in [-0.15, -0.1) is 0 Å². The summed E-state index contributed by atoms with van der Waals surface area (Å²) in [4.78, 5) is 15.8. The number of hydrogen-bond acceptors (Lipinski definition) is 4. The molecule has 124 valence electrons. The molecule has 0 bridgehead atoms. The van der Waals surface area contributed by atoms with Gasteiger partial charge >= 0.3 is 6.18 Å². The fraction of sp³-hybridized carbons (Fsp3) is 0.133. The molecule has 2 heterocycles. The summed E-state index contributed by atoms with van der Waals surface area (Å²) in [5.74, 6) is 0.317. The van der Waals surface area contributed by atoms with Crippen molar-refractivity contribution in [2.45, 2.75) is 12.7 Å². The summed E-state index contributed by atoms with van der Waals surface area (Å²) in [5.41, 5.74) is -0.838. The van der Waals surface area contributed by atoms with Gasteiger partial charge in [0.15, 0.2) is 0 Å². The van der Waals surface area contributed by atoms with E-state index in [1.165, 1.54) is 0 Å². The van der Waals surface area contributed by atoms with Crippen molar-refractivity contribution in [3.63, 3.8) is 0 Å². The van der Waals surface area contributed by atoms with E-state index in [-0.39, 0.29) is 18.3 Å². The predicted octanol–water partition coefficient (Wildman–Crippen LogP) is 3.73. The van der Waals surface area contributed by atoms with E-state index in [1.807, 2.05) is 6.07 Å². The first-order valence-corrected chi connectivity index (χ1v) is 7.48. The van der Waals surface area contributed by atoms with Gasteiger partial charge in [-0.05, 0) is 18.2 Å². The molecule has 2 aromatic heterocycles. The predicted molar refractivity (Wildman–Crippen MR) is 82.2 cm³/mol. The van der Waals surface area contributed by atoms with Gasteiger partial charge in [-0.3, -0.25) is 4.79 Å². The van der Waals surface area contributed by atoms with Crippen LogP contribution in [0.1, 0.15) is 11.5 Å². The molecule has 0 aliphatic heterocycles. The van der Waals surface area contributed by atoms with Crippen LogP contribution in [0.5, 0.6) is 0 Å². The van der Waals surface area contributed by atoms with Crippen LogP contribution in [-0.2, 0) is 12.7 Å². The molecule has 3 aromatic rings. The molecule has 1 aromatic carbocycles. The first-order chi connectivity index (χ1) is 11.3. The van der Waals surface area contributed by atoms with Crippen molar-refractivity contribution in [3.05, 3.63) is 68.9 Å². The standard InChI is InChI=1S/C15H9BrF3N3O2/c16-11-3-1-2-9(6-11)14-20-12(24-21-14)8-22-7-10(15(17,18)19)4-5-13(22)23/h1-7H,8H2. The van der Waals surface area contributed by atoms with Gasteiger partial charge in [0, 0.05) is 22.3 Å². The van der Waals surface area contributed by atoms with Crippen molar-refractivity contribution in [3.8, 4) is 11.4 Å². The van der Waals surface area contributed by atoms with Crippen LogP contribution in [-0.4, -0.2) is 14.7 Å².